The lowest BCUT2D eigenvalue weighted by Crippen LogP contribution is -2.22. The molecule has 2 rings (SSSR count). The van der Waals surface area contributed by atoms with E-state index in [0.29, 0.717) is 5.56 Å². The molecule has 4 nitrogen and oxygen atoms in total. The summed E-state index contributed by atoms with van der Waals surface area (Å²) in [5.74, 6) is -0.826. The van der Waals surface area contributed by atoms with Crippen molar-refractivity contribution in [2.45, 2.75) is 47.0 Å². The number of nitrogens with one attached hydrogen (secondary N) is 1. The van der Waals surface area contributed by atoms with Gasteiger partial charge in [0.15, 0.2) is 6.61 Å². The fourth-order valence-electron chi connectivity index (χ4n) is 2.96. The fourth-order valence-corrected chi connectivity index (χ4v) is 2.96. The predicted molar refractivity (Wildman–Crippen MR) is 105 cm³/mol. The molecular weight excluding hydrogens is 326 g/mol. The molecule has 0 atom stereocenters. The summed E-state index contributed by atoms with van der Waals surface area (Å²) in [4.78, 5) is 24.2. The second-order valence-electron chi connectivity index (χ2n) is 6.70. The highest BCUT2D eigenvalue weighted by Crippen LogP contribution is 2.21. The lowest BCUT2D eigenvalue weighted by molar-refractivity contribution is -0.119. The Hall–Kier alpha value is -2.62. The maximum Gasteiger partial charge on any atom is 0.338 e. The van der Waals surface area contributed by atoms with E-state index in [1.807, 2.05) is 45.0 Å². The van der Waals surface area contributed by atoms with Crippen molar-refractivity contribution in [1.29, 1.82) is 0 Å². The molecule has 1 amide bonds. The average Bonchev–Trinajstić information content (AvgIpc) is 2.61. The van der Waals surface area contributed by atoms with Crippen LogP contribution in [0.3, 0.4) is 0 Å². The number of benzene rings is 2. The normalized spacial score (nSPS) is 10.5. The number of aryl methyl sites for hydroxylation is 4. The van der Waals surface area contributed by atoms with E-state index in [2.05, 4.69) is 12.2 Å². The van der Waals surface area contributed by atoms with Gasteiger partial charge >= 0.3 is 5.97 Å². The number of carbonyl (C=O) groups excluding carboxylic acids is 2. The molecule has 0 bridgehead atoms. The third-order valence-corrected chi connectivity index (χ3v) is 4.28. The maximum atomic E-state index is 12.1. The molecule has 0 fully saturated rings. The first kappa shape index (κ1) is 19.7. The van der Waals surface area contributed by atoms with Gasteiger partial charge in [-0.2, -0.15) is 0 Å². The second kappa shape index (κ2) is 9.18. The van der Waals surface area contributed by atoms with Gasteiger partial charge in [0.25, 0.3) is 5.91 Å². The number of carbonyl (C=O) groups is 2. The van der Waals surface area contributed by atoms with Crippen molar-refractivity contribution >= 4 is 17.6 Å². The van der Waals surface area contributed by atoms with Gasteiger partial charge in [-0.3, -0.25) is 4.79 Å². The minimum atomic E-state index is -0.487. The average molecular weight is 353 g/mol. The summed E-state index contributed by atoms with van der Waals surface area (Å²) in [5, 5.41) is 2.83. The third-order valence-electron chi connectivity index (χ3n) is 4.28. The van der Waals surface area contributed by atoms with Crippen LogP contribution in [0.1, 0.15) is 52.4 Å². The quantitative estimate of drug-likeness (QED) is 0.731. The van der Waals surface area contributed by atoms with Gasteiger partial charge in [-0.25, -0.2) is 4.79 Å². The van der Waals surface area contributed by atoms with Crippen LogP contribution in [-0.2, 0) is 16.0 Å². The van der Waals surface area contributed by atoms with Crippen LogP contribution in [0.2, 0.25) is 0 Å². The predicted octanol–water partition coefficient (Wildman–Crippen LogP) is 4.75. The summed E-state index contributed by atoms with van der Waals surface area (Å²) in [5.41, 5.74) is 5.56. The Labute approximate surface area is 155 Å². The zero-order valence-electron chi connectivity index (χ0n) is 16.0. The van der Waals surface area contributed by atoms with E-state index >= 15 is 0 Å². The molecule has 0 aliphatic carbocycles. The van der Waals surface area contributed by atoms with E-state index < -0.39 is 5.97 Å². The number of esters is 1. The lowest BCUT2D eigenvalue weighted by Gasteiger charge is -2.13. The largest absolute Gasteiger partial charge is 0.452 e. The molecule has 2 aromatic carbocycles. The molecule has 0 heterocycles. The van der Waals surface area contributed by atoms with Crippen LogP contribution in [0.15, 0.2) is 36.4 Å². The van der Waals surface area contributed by atoms with Gasteiger partial charge in [0.05, 0.1) is 5.56 Å². The molecule has 0 saturated heterocycles. The number of unbranched alkanes of at least 4 members (excludes halogenated alkanes) is 1. The van der Waals surface area contributed by atoms with Crippen LogP contribution in [0, 0.1) is 20.8 Å². The second-order valence-corrected chi connectivity index (χ2v) is 6.70. The number of ether oxygens (including phenoxy) is 1. The van der Waals surface area contributed by atoms with Gasteiger partial charge in [0.2, 0.25) is 0 Å². The highest BCUT2D eigenvalue weighted by atomic mass is 16.5. The Morgan fingerprint density at radius 3 is 2.19 bits per heavy atom. The van der Waals surface area contributed by atoms with E-state index in [0.717, 1.165) is 41.6 Å². The van der Waals surface area contributed by atoms with Crippen LogP contribution in [-0.4, -0.2) is 18.5 Å². The zero-order chi connectivity index (χ0) is 19.1. The van der Waals surface area contributed by atoms with E-state index in [9.17, 15) is 9.59 Å². The Morgan fingerprint density at radius 2 is 1.62 bits per heavy atom. The van der Waals surface area contributed by atoms with Gasteiger partial charge in [-0.1, -0.05) is 43.2 Å². The molecule has 0 aliphatic rings. The summed E-state index contributed by atoms with van der Waals surface area (Å²) in [6, 6.07) is 11.4. The highest BCUT2D eigenvalue weighted by Gasteiger charge is 2.12. The van der Waals surface area contributed by atoms with Gasteiger partial charge in [0.1, 0.15) is 0 Å². The molecule has 0 spiro atoms. The van der Waals surface area contributed by atoms with Crippen molar-refractivity contribution < 1.29 is 14.3 Å². The summed E-state index contributed by atoms with van der Waals surface area (Å²) in [6.45, 7) is 7.75. The molecule has 0 radical (unpaired) electrons. The standard InChI is InChI=1S/C22H27NO3/c1-5-6-7-18-8-10-19(11-9-18)22(25)26-14-20(24)23-21-16(3)12-15(2)13-17(21)4/h8-13H,5-7,14H2,1-4H3,(H,23,24). The molecule has 0 unspecified atom stereocenters. The van der Waals surface area contributed by atoms with Gasteiger partial charge in [-0.05, 0) is 62.4 Å². The zero-order valence-corrected chi connectivity index (χ0v) is 16.0. The molecule has 26 heavy (non-hydrogen) atoms. The van der Waals surface area contributed by atoms with E-state index in [4.69, 9.17) is 4.74 Å². The first-order chi connectivity index (χ1) is 12.4. The molecule has 0 aliphatic heterocycles. The van der Waals surface area contributed by atoms with E-state index in [1.165, 1.54) is 5.56 Å². The van der Waals surface area contributed by atoms with Crippen LogP contribution in [0.25, 0.3) is 0 Å². The van der Waals surface area contributed by atoms with Crippen LogP contribution < -0.4 is 5.32 Å². The van der Waals surface area contributed by atoms with Crippen molar-refractivity contribution in [2.24, 2.45) is 0 Å². The summed E-state index contributed by atoms with van der Waals surface area (Å²) in [7, 11) is 0. The smallest absolute Gasteiger partial charge is 0.338 e. The molecular formula is C22H27NO3. The van der Waals surface area contributed by atoms with Crippen molar-refractivity contribution in [2.75, 3.05) is 11.9 Å². The minimum absolute atomic E-state index is 0.302. The van der Waals surface area contributed by atoms with Crippen LogP contribution >= 0.6 is 0 Å². The number of hydrogen-bond donors (Lipinski definition) is 1. The number of anilines is 1. The summed E-state index contributed by atoms with van der Waals surface area (Å²) >= 11 is 0. The topological polar surface area (TPSA) is 55.4 Å². The Kier molecular flexibility index (Phi) is 6.96. The Balaban J connectivity index is 1.90. The molecule has 0 aromatic heterocycles. The molecule has 138 valence electrons. The van der Waals surface area contributed by atoms with Crippen LogP contribution in [0.5, 0.6) is 0 Å². The number of rotatable bonds is 7. The Bertz CT molecular complexity index is 755. The first-order valence-electron chi connectivity index (χ1n) is 9.04. The fraction of sp³-hybridized carbons (Fsp3) is 0.364. The highest BCUT2D eigenvalue weighted by molar-refractivity contribution is 5.96. The van der Waals surface area contributed by atoms with E-state index in [-0.39, 0.29) is 12.5 Å². The van der Waals surface area contributed by atoms with Crippen molar-refractivity contribution in [3.8, 4) is 0 Å². The van der Waals surface area contributed by atoms with E-state index in [1.54, 1.807) is 12.1 Å². The van der Waals surface area contributed by atoms with Gasteiger partial charge in [0, 0.05) is 5.69 Å². The molecule has 1 N–H and O–H groups in total. The lowest BCUT2D eigenvalue weighted by atomic mass is 10.1. The van der Waals surface area contributed by atoms with Crippen molar-refractivity contribution in [3.63, 3.8) is 0 Å². The first-order valence-corrected chi connectivity index (χ1v) is 9.04. The molecule has 0 saturated carbocycles. The summed E-state index contributed by atoms with van der Waals surface area (Å²) < 4.78 is 5.14. The minimum Gasteiger partial charge on any atom is -0.452 e. The monoisotopic (exact) mass is 353 g/mol. The molecule has 2 aromatic rings. The van der Waals surface area contributed by atoms with Crippen molar-refractivity contribution in [3.05, 3.63) is 64.2 Å². The van der Waals surface area contributed by atoms with Crippen LogP contribution in [0.4, 0.5) is 5.69 Å². The van der Waals surface area contributed by atoms with Gasteiger partial charge < -0.3 is 10.1 Å². The molecule has 4 heteroatoms. The number of amides is 1. The number of hydrogen-bond acceptors (Lipinski definition) is 3. The van der Waals surface area contributed by atoms with Crippen molar-refractivity contribution in [1.82, 2.24) is 0 Å². The third kappa shape index (κ3) is 5.45. The summed E-state index contributed by atoms with van der Waals surface area (Å²) in [6.07, 6.45) is 3.27. The maximum absolute atomic E-state index is 12.1. The Morgan fingerprint density at radius 1 is 1.00 bits per heavy atom. The van der Waals surface area contributed by atoms with Gasteiger partial charge in [-0.15, -0.1) is 0 Å². The SMILES string of the molecule is CCCCc1ccc(C(=O)OCC(=O)Nc2c(C)cc(C)cc2C)cc1.